The molecule has 0 aliphatic heterocycles. The van der Waals surface area contributed by atoms with Gasteiger partial charge in [-0.25, -0.2) is 0 Å². The first-order valence-corrected chi connectivity index (χ1v) is 6.74. The van der Waals surface area contributed by atoms with Crippen molar-refractivity contribution < 1.29 is 8.85 Å². The van der Waals surface area contributed by atoms with Gasteiger partial charge >= 0.3 is 9.28 Å². The van der Waals surface area contributed by atoms with Crippen LogP contribution in [0.2, 0.25) is 6.04 Å². The summed E-state index contributed by atoms with van der Waals surface area (Å²) >= 11 is 0. The lowest BCUT2D eigenvalue weighted by Gasteiger charge is -2.20. The van der Waals surface area contributed by atoms with Gasteiger partial charge in [0.15, 0.2) is 0 Å². The fraction of sp³-hybridized carbons (Fsp3) is 0.800. The molecular formula is C10H22O2Si. The van der Waals surface area contributed by atoms with E-state index in [1.165, 1.54) is 0 Å². The monoisotopic (exact) mass is 202 g/mol. The van der Waals surface area contributed by atoms with E-state index in [9.17, 15) is 0 Å². The van der Waals surface area contributed by atoms with Crippen LogP contribution in [0.1, 0.15) is 34.1 Å². The van der Waals surface area contributed by atoms with Crippen LogP contribution in [0.4, 0.5) is 0 Å². The smallest absolute Gasteiger partial charge is 0.322 e. The first kappa shape index (κ1) is 12.9. The van der Waals surface area contributed by atoms with E-state index in [4.69, 9.17) is 8.85 Å². The molecule has 0 N–H and O–H groups in total. The fourth-order valence-electron chi connectivity index (χ4n) is 1.03. The first-order valence-electron chi connectivity index (χ1n) is 4.98. The molecule has 0 saturated carbocycles. The van der Waals surface area contributed by atoms with E-state index in [0.717, 1.165) is 12.5 Å². The first-order chi connectivity index (χ1) is 6.06. The molecule has 0 unspecified atom stereocenters. The van der Waals surface area contributed by atoms with Crippen molar-refractivity contribution in [2.45, 2.75) is 52.4 Å². The van der Waals surface area contributed by atoms with Gasteiger partial charge in [-0.3, -0.25) is 0 Å². The molecular weight excluding hydrogens is 180 g/mol. The standard InChI is InChI=1S/C10H22O2Si/c1-6-7-8-13(11-9(2)3)12-10(4)5/h6,9-10,13H,1,7-8H2,2-5H3. The molecule has 13 heavy (non-hydrogen) atoms. The quantitative estimate of drug-likeness (QED) is 0.467. The molecule has 0 spiro atoms. The molecule has 78 valence electrons. The van der Waals surface area contributed by atoms with Gasteiger partial charge in [-0.1, -0.05) is 6.08 Å². The van der Waals surface area contributed by atoms with Crippen molar-refractivity contribution in [3.05, 3.63) is 12.7 Å². The van der Waals surface area contributed by atoms with E-state index in [0.29, 0.717) is 0 Å². The normalized spacial score (nSPS) is 11.6. The van der Waals surface area contributed by atoms with Crippen LogP contribution in [0.5, 0.6) is 0 Å². The summed E-state index contributed by atoms with van der Waals surface area (Å²) in [4.78, 5) is 0. The highest BCUT2D eigenvalue weighted by Gasteiger charge is 2.15. The van der Waals surface area contributed by atoms with E-state index < -0.39 is 9.28 Å². The topological polar surface area (TPSA) is 18.5 Å². The van der Waals surface area contributed by atoms with Crippen molar-refractivity contribution in [1.82, 2.24) is 0 Å². The summed E-state index contributed by atoms with van der Waals surface area (Å²) in [5.41, 5.74) is 0. The molecule has 0 saturated heterocycles. The highest BCUT2D eigenvalue weighted by molar-refractivity contribution is 6.44. The third-order valence-electron chi connectivity index (χ3n) is 1.45. The Hall–Kier alpha value is -0.123. The van der Waals surface area contributed by atoms with Crippen molar-refractivity contribution in [3.63, 3.8) is 0 Å². The fourth-order valence-corrected chi connectivity index (χ4v) is 3.09. The SMILES string of the molecule is C=CCC[SiH](OC(C)C)OC(C)C. The summed E-state index contributed by atoms with van der Waals surface area (Å²) in [7, 11) is -1.44. The summed E-state index contributed by atoms with van der Waals surface area (Å²) in [6.07, 6.45) is 3.48. The number of rotatable bonds is 7. The highest BCUT2D eigenvalue weighted by Crippen LogP contribution is 2.07. The minimum absolute atomic E-state index is 0.278. The zero-order valence-electron chi connectivity index (χ0n) is 9.25. The maximum Gasteiger partial charge on any atom is 0.322 e. The van der Waals surface area contributed by atoms with Crippen LogP contribution in [0.25, 0.3) is 0 Å². The van der Waals surface area contributed by atoms with Crippen LogP contribution in [-0.2, 0) is 8.85 Å². The zero-order valence-corrected chi connectivity index (χ0v) is 10.4. The molecule has 0 bridgehead atoms. The van der Waals surface area contributed by atoms with Gasteiger partial charge in [0.05, 0.1) is 0 Å². The Kier molecular flexibility index (Phi) is 7.23. The van der Waals surface area contributed by atoms with Gasteiger partial charge in [-0.05, 0) is 40.2 Å². The predicted molar refractivity (Wildman–Crippen MR) is 59.2 cm³/mol. The van der Waals surface area contributed by atoms with Gasteiger partial charge in [0.2, 0.25) is 0 Å². The molecule has 0 aliphatic carbocycles. The summed E-state index contributed by atoms with van der Waals surface area (Å²) < 4.78 is 11.5. The lowest BCUT2D eigenvalue weighted by atomic mass is 10.5. The van der Waals surface area contributed by atoms with Gasteiger partial charge in [0, 0.05) is 12.2 Å². The molecule has 0 heterocycles. The van der Waals surface area contributed by atoms with Gasteiger partial charge in [0.1, 0.15) is 0 Å². The van der Waals surface area contributed by atoms with E-state index in [1.54, 1.807) is 0 Å². The summed E-state index contributed by atoms with van der Waals surface area (Å²) in [5.74, 6) is 0. The van der Waals surface area contributed by atoms with Gasteiger partial charge < -0.3 is 8.85 Å². The second kappa shape index (κ2) is 7.30. The van der Waals surface area contributed by atoms with E-state index >= 15 is 0 Å². The second-order valence-corrected chi connectivity index (χ2v) is 5.65. The van der Waals surface area contributed by atoms with Crippen molar-refractivity contribution in [1.29, 1.82) is 0 Å². The lowest BCUT2D eigenvalue weighted by molar-refractivity contribution is 0.130. The molecule has 0 aromatic heterocycles. The van der Waals surface area contributed by atoms with E-state index in [1.807, 2.05) is 6.08 Å². The number of allylic oxidation sites excluding steroid dienone is 1. The molecule has 0 fully saturated rings. The van der Waals surface area contributed by atoms with Crippen LogP contribution in [-0.4, -0.2) is 21.5 Å². The van der Waals surface area contributed by atoms with Crippen LogP contribution >= 0.6 is 0 Å². The third kappa shape index (κ3) is 8.21. The van der Waals surface area contributed by atoms with Crippen LogP contribution in [0, 0.1) is 0 Å². The Morgan fingerprint density at radius 2 is 1.62 bits per heavy atom. The van der Waals surface area contributed by atoms with Crippen LogP contribution in [0.15, 0.2) is 12.7 Å². The minimum atomic E-state index is -1.44. The average molecular weight is 202 g/mol. The van der Waals surface area contributed by atoms with Crippen molar-refractivity contribution in [2.75, 3.05) is 0 Å². The minimum Gasteiger partial charge on any atom is -0.394 e. The Labute approximate surface area is 83.8 Å². The highest BCUT2D eigenvalue weighted by atomic mass is 28.3. The maximum atomic E-state index is 5.73. The van der Waals surface area contributed by atoms with Crippen molar-refractivity contribution in [2.24, 2.45) is 0 Å². The Bertz CT molecular complexity index is 125. The Balaban J connectivity index is 3.79. The van der Waals surface area contributed by atoms with Gasteiger partial charge in [-0.15, -0.1) is 6.58 Å². The largest absolute Gasteiger partial charge is 0.394 e. The molecule has 0 aliphatic rings. The van der Waals surface area contributed by atoms with E-state index in [2.05, 4.69) is 34.3 Å². The Morgan fingerprint density at radius 1 is 1.15 bits per heavy atom. The van der Waals surface area contributed by atoms with Crippen LogP contribution < -0.4 is 0 Å². The molecule has 0 aromatic carbocycles. The third-order valence-corrected chi connectivity index (χ3v) is 3.95. The summed E-state index contributed by atoms with van der Waals surface area (Å²) in [6.45, 7) is 11.9. The average Bonchev–Trinajstić information content (AvgIpc) is 1.98. The predicted octanol–water partition coefficient (Wildman–Crippen LogP) is 2.63. The zero-order chi connectivity index (χ0) is 10.3. The number of hydrogen-bond donors (Lipinski definition) is 0. The summed E-state index contributed by atoms with van der Waals surface area (Å²) in [6, 6.07) is 1.03. The molecule has 0 rings (SSSR count). The van der Waals surface area contributed by atoms with Crippen molar-refractivity contribution >= 4 is 9.28 Å². The van der Waals surface area contributed by atoms with Crippen molar-refractivity contribution in [3.8, 4) is 0 Å². The molecule has 0 radical (unpaired) electrons. The molecule has 3 heteroatoms. The molecule has 0 amide bonds. The summed E-state index contributed by atoms with van der Waals surface area (Å²) in [5, 5.41) is 0. The van der Waals surface area contributed by atoms with Gasteiger partial charge in [0.25, 0.3) is 0 Å². The molecule has 0 atom stereocenters. The molecule has 0 aromatic rings. The molecule has 2 nitrogen and oxygen atoms in total. The lowest BCUT2D eigenvalue weighted by Crippen LogP contribution is -2.29. The van der Waals surface area contributed by atoms with Gasteiger partial charge in [-0.2, -0.15) is 0 Å². The number of hydrogen-bond acceptors (Lipinski definition) is 2. The van der Waals surface area contributed by atoms with E-state index in [-0.39, 0.29) is 12.2 Å². The second-order valence-electron chi connectivity index (χ2n) is 3.67. The Morgan fingerprint density at radius 3 is 1.92 bits per heavy atom. The van der Waals surface area contributed by atoms with Crippen LogP contribution in [0.3, 0.4) is 0 Å². The maximum absolute atomic E-state index is 5.73.